The number of rotatable bonds is 4. The van der Waals surface area contributed by atoms with E-state index in [9.17, 15) is 9.90 Å². The molecule has 1 N–H and O–H groups in total. The lowest BCUT2D eigenvalue weighted by atomic mass is 9.94. The molecule has 0 bridgehead atoms. The molecule has 1 unspecified atom stereocenters. The summed E-state index contributed by atoms with van der Waals surface area (Å²) in [4.78, 5) is 14.1. The molecule has 23 heavy (non-hydrogen) atoms. The second-order valence-corrected chi connectivity index (χ2v) is 5.55. The SMILES string of the molecule is CCCC=C=CN1C(=O)c2ccccc2C1(O)c1ccccc1. The highest BCUT2D eigenvalue weighted by Crippen LogP contribution is 2.42. The van der Waals surface area contributed by atoms with Gasteiger partial charge in [0, 0.05) is 16.7 Å². The van der Waals surface area contributed by atoms with Gasteiger partial charge in [-0.25, -0.2) is 0 Å². The molecule has 0 saturated heterocycles. The highest BCUT2D eigenvalue weighted by atomic mass is 16.3. The van der Waals surface area contributed by atoms with Crippen LogP contribution in [0.25, 0.3) is 0 Å². The van der Waals surface area contributed by atoms with Crippen molar-refractivity contribution in [2.45, 2.75) is 25.5 Å². The summed E-state index contributed by atoms with van der Waals surface area (Å²) in [7, 11) is 0. The van der Waals surface area contributed by atoms with Gasteiger partial charge in [-0.3, -0.25) is 9.69 Å². The van der Waals surface area contributed by atoms with E-state index in [2.05, 4.69) is 12.7 Å². The van der Waals surface area contributed by atoms with Crippen molar-refractivity contribution in [3.8, 4) is 0 Å². The minimum absolute atomic E-state index is 0.218. The molecule has 0 saturated carbocycles. The molecule has 3 rings (SSSR count). The molecule has 1 heterocycles. The maximum absolute atomic E-state index is 12.7. The van der Waals surface area contributed by atoms with Crippen LogP contribution in [-0.4, -0.2) is 15.9 Å². The van der Waals surface area contributed by atoms with Gasteiger partial charge in [0.05, 0.1) is 6.20 Å². The molecule has 116 valence electrons. The predicted octanol–water partition coefficient (Wildman–Crippen LogP) is 3.80. The third-order valence-corrected chi connectivity index (χ3v) is 4.03. The summed E-state index contributed by atoms with van der Waals surface area (Å²) >= 11 is 0. The van der Waals surface area contributed by atoms with Gasteiger partial charge in [0.15, 0.2) is 5.72 Å². The molecule has 2 aromatic carbocycles. The van der Waals surface area contributed by atoms with Crippen LogP contribution in [0.5, 0.6) is 0 Å². The average molecular weight is 305 g/mol. The lowest BCUT2D eigenvalue weighted by molar-refractivity contribution is -0.0258. The molecule has 0 radical (unpaired) electrons. The van der Waals surface area contributed by atoms with Crippen molar-refractivity contribution < 1.29 is 9.90 Å². The second kappa shape index (κ2) is 6.25. The number of carbonyl (C=O) groups is 1. The van der Waals surface area contributed by atoms with E-state index in [1.54, 1.807) is 18.3 Å². The fraction of sp³-hybridized carbons (Fsp3) is 0.200. The number of nitrogens with zero attached hydrogens (tertiary/aromatic N) is 1. The lowest BCUT2D eigenvalue weighted by Crippen LogP contribution is -2.41. The van der Waals surface area contributed by atoms with Gasteiger partial charge in [0.2, 0.25) is 0 Å². The molecule has 2 aromatic rings. The van der Waals surface area contributed by atoms with E-state index in [0.717, 1.165) is 12.8 Å². The number of amides is 1. The third-order valence-electron chi connectivity index (χ3n) is 4.03. The highest BCUT2D eigenvalue weighted by molar-refractivity contribution is 6.01. The first kappa shape index (κ1) is 15.3. The molecule has 0 aromatic heterocycles. The summed E-state index contributed by atoms with van der Waals surface area (Å²) in [5.74, 6) is -0.218. The summed E-state index contributed by atoms with van der Waals surface area (Å²) in [5, 5.41) is 11.4. The van der Waals surface area contributed by atoms with E-state index in [4.69, 9.17) is 0 Å². The van der Waals surface area contributed by atoms with E-state index >= 15 is 0 Å². The van der Waals surface area contributed by atoms with Crippen molar-refractivity contribution in [2.24, 2.45) is 0 Å². The van der Waals surface area contributed by atoms with Gasteiger partial charge in [0.25, 0.3) is 5.91 Å². The number of aliphatic hydroxyl groups is 1. The van der Waals surface area contributed by atoms with Crippen LogP contribution in [0.1, 0.15) is 41.3 Å². The lowest BCUT2D eigenvalue weighted by Gasteiger charge is -2.31. The van der Waals surface area contributed by atoms with Crippen molar-refractivity contribution in [2.75, 3.05) is 0 Å². The maximum Gasteiger partial charge on any atom is 0.261 e. The monoisotopic (exact) mass is 305 g/mol. The molecule has 1 aliphatic heterocycles. The normalized spacial score (nSPS) is 19.2. The number of unbranched alkanes of at least 4 members (excludes halogenated alkanes) is 1. The Balaban J connectivity index is 2.15. The minimum atomic E-state index is -1.50. The van der Waals surface area contributed by atoms with Crippen LogP contribution in [0.4, 0.5) is 0 Å². The topological polar surface area (TPSA) is 40.5 Å². The molecule has 3 nitrogen and oxygen atoms in total. The first-order chi connectivity index (χ1) is 11.2. The van der Waals surface area contributed by atoms with Crippen LogP contribution in [0.3, 0.4) is 0 Å². The molecule has 3 heteroatoms. The Morgan fingerprint density at radius 2 is 1.83 bits per heavy atom. The Kier molecular flexibility index (Phi) is 4.16. The third kappa shape index (κ3) is 2.50. The van der Waals surface area contributed by atoms with E-state index in [1.807, 2.05) is 48.5 Å². The number of fused-ring (bicyclic) bond motifs is 1. The number of benzene rings is 2. The largest absolute Gasteiger partial charge is 0.363 e. The van der Waals surface area contributed by atoms with E-state index in [0.29, 0.717) is 16.7 Å². The average Bonchev–Trinajstić information content (AvgIpc) is 2.82. The number of hydrogen-bond donors (Lipinski definition) is 1. The molecule has 0 fully saturated rings. The van der Waals surface area contributed by atoms with Crippen LogP contribution in [0.2, 0.25) is 0 Å². The van der Waals surface area contributed by atoms with E-state index in [-0.39, 0.29) is 5.91 Å². The Bertz CT molecular complexity index is 775. The maximum atomic E-state index is 12.7. The van der Waals surface area contributed by atoms with Crippen LogP contribution < -0.4 is 0 Å². The Labute approximate surface area is 136 Å². The summed E-state index contributed by atoms with van der Waals surface area (Å²) in [6.45, 7) is 2.08. The summed E-state index contributed by atoms with van der Waals surface area (Å²) in [5.41, 5.74) is 3.30. The smallest absolute Gasteiger partial charge is 0.261 e. The summed E-state index contributed by atoms with van der Waals surface area (Å²) in [6, 6.07) is 16.4. The fourth-order valence-electron chi connectivity index (χ4n) is 2.85. The molecule has 0 spiro atoms. The molecule has 1 atom stereocenters. The molecular formula is C20H19NO2. The Hall–Kier alpha value is -2.61. The van der Waals surface area contributed by atoms with Gasteiger partial charge in [-0.1, -0.05) is 61.9 Å². The first-order valence-electron chi connectivity index (χ1n) is 7.81. The molecule has 1 aliphatic rings. The minimum Gasteiger partial charge on any atom is -0.363 e. The van der Waals surface area contributed by atoms with Crippen molar-refractivity contribution >= 4 is 5.91 Å². The summed E-state index contributed by atoms with van der Waals surface area (Å²) < 4.78 is 0. The van der Waals surface area contributed by atoms with Crippen LogP contribution in [-0.2, 0) is 5.72 Å². The highest BCUT2D eigenvalue weighted by Gasteiger charge is 2.48. The predicted molar refractivity (Wildman–Crippen MR) is 89.6 cm³/mol. The number of carbonyl (C=O) groups excluding carboxylic acids is 1. The number of hydrogen-bond acceptors (Lipinski definition) is 2. The summed E-state index contributed by atoms with van der Waals surface area (Å²) in [6.07, 6.45) is 5.32. The van der Waals surface area contributed by atoms with Gasteiger partial charge in [-0.05, 0) is 18.6 Å². The van der Waals surface area contributed by atoms with E-state index < -0.39 is 5.72 Å². The van der Waals surface area contributed by atoms with Crippen molar-refractivity contribution in [3.63, 3.8) is 0 Å². The van der Waals surface area contributed by atoms with Gasteiger partial charge < -0.3 is 5.11 Å². The van der Waals surface area contributed by atoms with Gasteiger partial charge in [0.1, 0.15) is 0 Å². The molecule has 0 aliphatic carbocycles. The van der Waals surface area contributed by atoms with Gasteiger partial charge in [-0.15, -0.1) is 5.73 Å². The second-order valence-electron chi connectivity index (χ2n) is 5.55. The van der Waals surface area contributed by atoms with Crippen molar-refractivity contribution in [1.29, 1.82) is 0 Å². The molecule has 1 amide bonds. The molecular weight excluding hydrogens is 286 g/mol. The van der Waals surface area contributed by atoms with Crippen LogP contribution in [0, 0.1) is 0 Å². The van der Waals surface area contributed by atoms with Crippen LogP contribution in [0.15, 0.2) is 72.6 Å². The quantitative estimate of drug-likeness (QED) is 0.873. The van der Waals surface area contributed by atoms with E-state index in [1.165, 1.54) is 4.90 Å². The Morgan fingerprint density at radius 1 is 1.13 bits per heavy atom. The van der Waals surface area contributed by atoms with Gasteiger partial charge >= 0.3 is 0 Å². The van der Waals surface area contributed by atoms with Gasteiger partial charge in [-0.2, -0.15) is 0 Å². The Morgan fingerprint density at radius 3 is 2.57 bits per heavy atom. The van der Waals surface area contributed by atoms with Crippen molar-refractivity contribution in [1.82, 2.24) is 4.90 Å². The standard InChI is InChI=1S/C20H19NO2/c1-2-3-4-10-15-21-19(22)17-13-8-9-14-18(17)20(21,23)16-11-6-5-7-12-16/h4-9,11-15,23H,2-3H2,1H3. The zero-order valence-electron chi connectivity index (χ0n) is 13.1. The first-order valence-corrected chi connectivity index (χ1v) is 7.81. The fourth-order valence-corrected chi connectivity index (χ4v) is 2.85. The van der Waals surface area contributed by atoms with Crippen molar-refractivity contribution in [3.05, 3.63) is 89.3 Å². The zero-order valence-corrected chi connectivity index (χ0v) is 13.1. The van der Waals surface area contributed by atoms with Crippen LogP contribution >= 0.6 is 0 Å². The number of allylic oxidation sites excluding steroid dienone is 1. The zero-order chi connectivity index (χ0) is 16.3.